The van der Waals surface area contributed by atoms with Gasteiger partial charge >= 0.3 is 0 Å². The second-order valence-corrected chi connectivity index (χ2v) is 5.48. The average Bonchev–Trinajstić information content (AvgIpc) is 3.13. The molecule has 0 aliphatic rings. The summed E-state index contributed by atoms with van der Waals surface area (Å²) >= 11 is 0. The van der Waals surface area contributed by atoms with Crippen LogP contribution in [0.3, 0.4) is 0 Å². The van der Waals surface area contributed by atoms with Crippen molar-refractivity contribution in [3.8, 4) is 0 Å². The van der Waals surface area contributed by atoms with Crippen LogP contribution >= 0.6 is 0 Å². The van der Waals surface area contributed by atoms with Gasteiger partial charge in [0, 0.05) is 17.8 Å². The predicted molar refractivity (Wildman–Crippen MR) is 91.0 cm³/mol. The normalized spacial score (nSPS) is 11.1. The number of nitrogens with zero attached hydrogens (tertiary/aromatic N) is 3. The van der Waals surface area contributed by atoms with Gasteiger partial charge in [-0.15, -0.1) is 0 Å². The molecule has 0 aliphatic carbocycles. The van der Waals surface area contributed by atoms with Crippen molar-refractivity contribution in [2.24, 2.45) is 0 Å². The third-order valence-electron chi connectivity index (χ3n) is 3.41. The third-order valence-corrected chi connectivity index (χ3v) is 3.41. The zero-order valence-corrected chi connectivity index (χ0v) is 13.8. The number of para-hydroxylation sites is 2. The van der Waals surface area contributed by atoms with Crippen molar-refractivity contribution >= 4 is 29.0 Å². The number of hydrogen-bond donors (Lipinski definition) is 2. The number of fused-ring (bicyclic) bond motifs is 1. The SMILES string of the molecule is Cc1cc(C)n(CC(=O)NNC(=O)/C=C/c2nc3ccccc3o2)n1. The molecule has 8 heteroatoms. The van der Waals surface area contributed by atoms with Crippen LogP contribution in [0.5, 0.6) is 0 Å². The number of hydrogen-bond acceptors (Lipinski definition) is 5. The molecule has 8 nitrogen and oxygen atoms in total. The lowest BCUT2D eigenvalue weighted by molar-refractivity contribution is -0.127. The van der Waals surface area contributed by atoms with Crippen molar-refractivity contribution in [2.45, 2.75) is 20.4 Å². The van der Waals surface area contributed by atoms with Crippen LogP contribution in [0.15, 0.2) is 40.8 Å². The quantitative estimate of drug-likeness (QED) is 0.554. The maximum Gasteiger partial charge on any atom is 0.262 e. The smallest absolute Gasteiger partial charge is 0.262 e. The number of amides is 2. The molecule has 3 aromatic rings. The molecule has 0 aliphatic heterocycles. The summed E-state index contributed by atoms with van der Waals surface area (Å²) in [6.07, 6.45) is 2.66. The molecule has 3 rings (SSSR count). The minimum absolute atomic E-state index is 0.0226. The topological polar surface area (TPSA) is 102 Å². The Hall–Kier alpha value is -3.42. The van der Waals surface area contributed by atoms with Crippen molar-refractivity contribution in [1.82, 2.24) is 25.6 Å². The first kappa shape index (κ1) is 16.4. The summed E-state index contributed by atoms with van der Waals surface area (Å²) in [5.74, 6) is -0.566. The van der Waals surface area contributed by atoms with Gasteiger partial charge in [-0.05, 0) is 32.0 Å². The van der Waals surface area contributed by atoms with Gasteiger partial charge in [-0.2, -0.15) is 5.10 Å². The van der Waals surface area contributed by atoms with E-state index in [4.69, 9.17) is 4.42 Å². The van der Waals surface area contributed by atoms with Gasteiger partial charge in [-0.25, -0.2) is 4.98 Å². The Labute approximate surface area is 143 Å². The molecule has 128 valence electrons. The van der Waals surface area contributed by atoms with Crippen LogP contribution in [0.25, 0.3) is 17.2 Å². The highest BCUT2D eigenvalue weighted by Gasteiger charge is 2.08. The zero-order valence-electron chi connectivity index (χ0n) is 13.8. The fraction of sp³-hybridized carbons (Fsp3) is 0.176. The number of carbonyl (C=O) groups is 2. The standard InChI is InChI=1S/C17H17N5O3/c1-11-9-12(2)22(21-11)10-16(24)20-19-15(23)7-8-17-18-13-5-3-4-6-14(13)25-17/h3-9H,10H2,1-2H3,(H,19,23)(H,20,24)/b8-7+. The van der Waals surface area contributed by atoms with Gasteiger partial charge in [0.25, 0.3) is 11.8 Å². The Morgan fingerprint density at radius 2 is 2.04 bits per heavy atom. The van der Waals surface area contributed by atoms with E-state index in [9.17, 15) is 9.59 Å². The largest absolute Gasteiger partial charge is 0.437 e. The van der Waals surface area contributed by atoms with E-state index in [1.807, 2.05) is 38.1 Å². The second kappa shape index (κ2) is 7.00. The Kier molecular flexibility index (Phi) is 4.60. The lowest BCUT2D eigenvalue weighted by Crippen LogP contribution is -2.42. The van der Waals surface area contributed by atoms with Crippen LogP contribution < -0.4 is 10.9 Å². The molecule has 0 unspecified atom stereocenters. The summed E-state index contributed by atoms with van der Waals surface area (Å²) in [7, 11) is 0. The van der Waals surface area contributed by atoms with Crippen LogP contribution in [0.2, 0.25) is 0 Å². The van der Waals surface area contributed by atoms with E-state index in [1.54, 1.807) is 10.7 Å². The van der Waals surface area contributed by atoms with Crippen molar-refractivity contribution in [3.63, 3.8) is 0 Å². The highest BCUT2D eigenvalue weighted by Crippen LogP contribution is 2.15. The van der Waals surface area contributed by atoms with Gasteiger partial charge in [-0.3, -0.25) is 25.1 Å². The molecule has 0 saturated heterocycles. The molecule has 0 saturated carbocycles. The molecule has 0 fully saturated rings. The van der Waals surface area contributed by atoms with E-state index in [2.05, 4.69) is 20.9 Å². The Morgan fingerprint density at radius 3 is 2.76 bits per heavy atom. The molecule has 0 bridgehead atoms. The summed E-state index contributed by atoms with van der Waals surface area (Å²) in [5, 5.41) is 4.18. The number of hydrazine groups is 1. The monoisotopic (exact) mass is 339 g/mol. The summed E-state index contributed by atoms with van der Waals surface area (Å²) in [5.41, 5.74) is 7.67. The lowest BCUT2D eigenvalue weighted by atomic mass is 10.3. The van der Waals surface area contributed by atoms with Crippen molar-refractivity contribution in [3.05, 3.63) is 53.7 Å². The molecule has 2 heterocycles. The number of rotatable bonds is 4. The first-order valence-electron chi connectivity index (χ1n) is 7.65. The summed E-state index contributed by atoms with van der Waals surface area (Å²) in [6.45, 7) is 3.73. The fourth-order valence-corrected chi connectivity index (χ4v) is 2.29. The Bertz CT molecular complexity index is 921. The summed E-state index contributed by atoms with van der Waals surface area (Å²) in [4.78, 5) is 27.8. The Morgan fingerprint density at radius 1 is 1.24 bits per heavy atom. The Balaban J connectivity index is 1.52. The lowest BCUT2D eigenvalue weighted by Gasteiger charge is -2.06. The minimum Gasteiger partial charge on any atom is -0.437 e. The third kappa shape index (κ3) is 4.11. The molecule has 25 heavy (non-hydrogen) atoms. The molecule has 2 amide bonds. The van der Waals surface area contributed by atoms with Crippen LogP contribution in [-0.2, 0) is 16.1 Å². The van der Waals surface area contributed by atoms with Crippen molar-refractivity contribution < 1.29 is 14.0 Å². The van der Waals surface area contributed by atoms with E-state index in [0.717, 1.165) is 11.4 Å². The van der Waals surface area contributed by atoms with Gasteiger partial charge in [0.1, 0.15) is 12.1 Å². The van der Waals surface area contributed by atoms with Crippen LogP contribution in [0.1, 0.15) is 17.3 Å². The molecule has 1 aromatic carbocycles. The van der Waals surface area contributed by atoms with E-state index in [-0.39, 0.29) is 12.5 Å². The maximum absolute atomic E-state index is 11.8. The number of aryl methyl sites for hydroxylation is 2. The van der Waals surface area contributed by atoms with E-state index in [1.165, 1.54) is 12.2 Å². The second-order valence-electron chi connectivity index (χ2n) is 5.48. The van der Waals surface area contributed by atoms with E-state index in [0.29, 0.717) is 17.0 Å². The highest BCUT2D eigenvalue weighted by molar-refractivity contribution is 5.92. The number of nitrogens with one attached hydrogen (secondary N) is 2. The number of oxazole rings is 1. The van der Waals surface area contributed by atoms with Crippen molar-refractivity contribution in [1.29, 1.82) is 0 Å². The number of benzene rings is 1. The van der Waals surface area contributed by atoms with Gasteiger partial charge in [-0.1, -0.05) is 12.1 Å². The van der Waals surface area contributed by atoms with Gasteiger partial charge in [0.05, 0.1) is 5.69 Å². The molecule has 0 radical (unpaired) electrons. The minimum atomic E-state index is -0.496. The van der Waals surface area contributed by atoms with Crippen LogP contribution in [0.4, 0.5) is 0 Å². The van der Waals surface area contributed by atoms with E-state index >= 15 is 0 Å². The van der Waals surface area contributed by atoms with Crippen LogP contribution in [-0.4, -0.2) is 26.6 Å². The molecule has 0 spiro atoms. The average molecular weight is 339 g/mol. The first-order valence-corrected chi connectivity index (χ1v) is 7.65. The zero-order chi connectivity index (χ0) is 17.8. The molecular formula is C17H17N5O3. The van der Waals surface area contributed by atoms with Gasteiger partial charge < -0.3 is 4.42 Å². The van der Waals surface area contributed by atoms with Gasteiger partial charge in [0.2, 0.25) is 5.89 Å². The molecule has 0 atom stereocenters. The number of carbonyl (C=O) groups excluding carboxylic acids is 2. The van der Waals surface area contributed by atoms with Crippen LogP contribution in [0, 0.1) is 13.8 Å². The van der Waals surface area contributed by atoms with Gasteiger partial charge in [0.15, 0.2) is 5.58 Å². The summed E-state index contributed by atoms with van der Waals surface area (Å²) in [6, 6.07) is 9.17. The number of aromatic nitrogens is 3. The summed E-state index contributed by atoms with van der Waals surface area (Å²) < 4.78 is 7.02. The first-order chi connectivity index (χ1) is 12.0. The maximum atomic E-state index is 11.8. The fourth-order valence-electron chi connectivity index (χ4n) is 2.29. The highest BCUT2D eigenvalue weighted by atomic mass is 16.3. The predicted octanol–water partition coefficient (Wildman–Crippen LogP) is 1.50. The van der Waals surface area contributed by atoms with E-state index < -0.39 is 5.91 Å². The molecule has 2 aromatic heterocycles. The van der Waals surface area contributed by atoms with Crippen molar-refractivity contribution in [2.75, 3.05) is 0 Å². The molecular weight excluding hydrogens is 322 g/mol. The molecule has 2 N–H and O–H groups in total.